The Bertz CT molecular complexity index is 3040. The van der Waals surface area contributed by atoms with Gasteiger partial charge < -0.3 is 109 Å². The first-order valence-corrected chi connectivity index (χ1v) is 33.6. The molecule has 1 fully saturated rings. The number of carbonyl (C=O) groups is 12. The number of hydrogen-bond donors (Lipinski definition) is 19. The van der Waals surface area contributed by atoms with Crippen LogP contribution in [0.25, 0.3) is 0 Å². The van der Waals surface area contributed by atoms with E-state index in [4.69, 9.17) is 45.9 Å². The number of guanidine groups is 2. The van der Waals surface area contributed by atoms with Crippen molar-refractivity contribution < 1.29 is 67.7 Å². The van der Waals surface area contributed by atoms with Crippen molar-refractivity contribution in [1.29, 1.82) is 0 Å². The van der Waals surface area contributed by atoms with Crippen LogP contribution in [0.2, 0.25) is 0 Å². The highest BCUT2D eigenvalue weighted by atomic mass is 16.4. The zero-order valence-electron chi connectivity index (χ0n) is 57.1. The van der Waals surface area contributed by atoms with E-state index in [1.165, 1.54) is 17.0 Å². The summed E-state index contributed by atoms with van der Waals surface area (Å²) in [6.45, 7) is 7.03. The fourth-order valence-electron chi connectivity index (χ4n) is 10.8. The number of phenolic OH excluding ortho intramolecular Hbond substituents is 1. The van der Waals surface area contributed by atoms with Crippen LogP contribution in [0.5, 0.6) is 5.75 Å². The van der Waals surface area contributed by atoms with Crippen LogP contribution >= 0.6 is 0 Å². The summed E-state index contributed by atoms with van der Waals surface area (Å²) in [5.41, 5.74) is 46.7. The molecule has 11 amide bonds. The molecule has 99 heavy (non-hydrogen) atoms. The van der Waals surface area contributed by atoms with Gasteiger partial charge in [0.15, 0.2) is 11.9 Å². The maximum absolute atomic E-state index is 14.7. The molecule has 1 aliphatic heterocycles. The Hall–Kier alpha value is -9.70. The van der Waals surface area contributed by atoms with Crippen molar-refractivity contribution in [1.82, 2.24) is 52.8 Å². The topological polar surface area (TPSA) is 590 Å². The van der Waals surface area contributed by atoms with Crippen molar-refractivity contribution in [2.45, 2.75) is 197 Å². The van der Waals surface area contributed by atoms with E-state index >= 15 is 0 Å². The largest absolute Gasteiger partial charge is 0.508 e. The normalized spacial score (nSPS) is 15.6. The number of carboxylic acids is 1. The molecule has 0 radical (unpaired) electrons. The predicted molar refractivity (Wildman–Crippen MR) is 369 cm³/mol. The molecule has 3 rings (SSSR count). The number of carboxylic acid groups (broad SMARTS) is 1. The summed E-state index contributed by atoms with van der Waals surface area (Å²) >= 11 is 0. The Morgan fingerprint density at radius 2 is 1.05 bits per heavy atom. The molecule has 2 aromatic rings. The van der Waals surface area contributed by atoms with Crippen molar-refractivity contribution in [3.63, 3.8) is 0 Å². The molecule has 1 saturated heterocycles. The average molecular weight is 1390 g/mol. The number of rotatable bonds is 46. The van der Waals surface area contributed by atoms with Crippen molar-refractivity contribution in [3.05, 3.63) is 65.7 Å². The molecule has 2 aromatic carbocycles. The van der Waals surface area contributed by atoms with Gasteiger partial charge in [-0.05, 0) is 138 Å². The molecule has 0 aliphatic carbocycles. The monoisotopic (exact) mass is 1390 g/mol. The second-order valence-electron chi connectivity index (χ2n) is 25.0. The highest BCUT2D eigenvalue weighted by Crippen LogP contribution is 2.22. The van der Waals surface area contributed by atoms with E-state index in [0.29, 0.717) is 56.2 Å². The summed E-state index contributed by atoms with van der Waals surface area (Å²) in [6.07, 6.45) is 1.96. The van der Waals surface area contributed by atoms with E-state index < -0.39 is 150 Å². The molecule has 0 spiro atoms. The second kappa shape index (κ2) is 44.3. The smallest absolute Gasteiger partial charge is 0.305 e. The third-order valence-electron chi connectivity index (χ3n) is 16.4. The lowest BCUT2D eigenvalue weighted by atomic mass is 9.96. The van der Waals surface area contributed by atoms with Gasteiger partial charge in [-0.25, -0.2) is 0 Å². The molecule has 34 heteroatoms. The Balaban J connectivity index is 1.95. The SMILES string of the molecule is CC[C@H](C)[C@H](NC(=O)[C@H](CCCCN)NC(=O)[C@H](CCCN=C(N)N)NC(=O)[C@H](CC(C)C)NC(=O)[C@H](Cc1ccccc1)NC(=O)[C@@H](CC(=O)O)NC(=O)CNC(=O)[C@@H](N)Cc1ccc(O)cc1)C(=O)N[C@@H](CCCN=C(N)N)C(=O)N1CCC[C@@H]1C(=O)N[C@H](CCCCN)C(N)=O. The summed E-state index contributed by atoms with van der Waals surface area (Å²) < 4.78 is 0. The minimum Gasteiger partial charge on any atom is -0.508 e. The van der Waals surface area contributed by atoms with E-state index in [1.807, 2.05) is 0 Å². The number of nitrogens with one attached hydrogen (secondary N) is 9. The van der Waals surface area contributed by atoms with Gasteiger partial charge in [-0.15, -0.1) is 0 Å². The third kappa shape index (κ3) is 31.1. The molecule has 0 aromatic heterocycles. The Morgan fingerprint density at radius 3 is 1.60 bits per heavy atom. The number of phenols is 1. The van der Waals surface area contributed by atoms with Gasteiger partial charge >= 0.3 is 5.97 Å². The van der Waals surface area contributed by atoms with Crippen LogP contribution in [0.4, 0.5) is 0 Å². The molecule has 0 unspecified atom stereocenters. The van der Waals surface area contributed by atoms with Gasteiger partial charge in [0.2, 0.25) is 65.0 Å². The van der Waals surface area contributed by atoms with Gasteiger partial charge in [0.1, 0.15) is 60.1 Å². The first-order valence-electron chi connectivity index (χ1n) is 33.6. The highest BCUT2D eigenvalue weighted by molar-refractivity contribution is 5.99. The van der Waals surface area contributed by atoms with E-state index in [-0.39, 0.29) is 114 Å². The summed E-state index contributed by atoms with van der Waals surface area (Å²) in [7, 11) is 0. The van der Waals surface area contributed by atoms with Crippen LogP contribution in [0.15, 0.2) is 64.6 Å². The number of nitrogens with zero attached hydrogens (tertiary/aromatic N) is 3. The molecular formula is C65H106N20O14. The van der Waals surface area contributed by atoms with Crippen molar-refractivity contribution >= 4 is 82.9 Å². The molecule has 550 valence electrons. The first-order chi connectivity index (χ1) is 47.0. The summed E-state index contributed by atoms with van der Waals surface area (Å²) in [6, 6.07) is 0.938. The minimum atomic E-state index is -1.79. The zero-order valence-corrected chi connectivity index (χ0v) is 57.1. The standard InChI is InChI=1S/C65H106N20O14/c1-5-38(4)53(62(98)81-46(21-14-30-75-65(72)73)63(99)85-31-15-22-50(85)61(97)78-43(54(69)90)18-9-11-27-66)84-57(93)44(19-10-12-28-67)79-56(92)45(20-13-29-74-64(70)71)80-58(94)47(32-37(2)3)82-59(95)48(34-39-16-7-6-8-17-39)83-60(96)49(35-52(88)89)77-51(87)36-76-55(91)42(68)33-40-23-25-41(86)26-24-40/h6-8,16-17,23-26,37-38,42-50,53,86H,5,9-15,18-22,27-36,66-68H2,1-4H3,(H2,69,90)(H,76,91)(H,77,87)(H,78,97)(H,79,92)(H,80,94)(H,81,98)(H,82,95)(H,83,96)(H,84,93)(H,88,89)(H4,70,71,74)(H4,72,73,75)/t38-,42-,43+,44-,45-,46-,47-,48-,49+,50+,53-/m0/s1. The van der Waals surface area contributed by atoms with Crippen LogP contribution in [0.1, 0.15) is 135 Å². The van der Waals surface area contributed by atoms with E-state index in [0.717, 1.165) is 0 Å². The number of likely N-dealkylation sites (tertiary alicyclic amines) is 1. The summed E-state index contributed by atoms with van der Waals surface area (Å²) in [5.74, 6) is -12.0. The van der Waals surface area contributed by atoms with E-state index in [2.05, 4.69) is 57.8 Å². The van der Waals surface area contributed by atoms with Crippen LogP contribution in [0.3, 0.4) is 0 Å². The third-order valence-corrected chi connectivity index (χ3v) is 16.4. The lowest BCUT2D eigenvalue weighted by Crippen LogP contribution is -2.61. The summed E-state index contributed by atoms with van der Waals surface area (Å²) in [4.78, 5) is 176. The number of unbranched alkanes of at least 4 members (excludes halogenated alkanes) is 2. The van der Waals surface area contributed by atoms with Crippen molar-refractivity contribution in [2.75, 3.05) is 39.3 Å². The van der Waals surface area contributed by atoms with Crippen LogP contribution in [-0.4, -0.2) is 198 Å². The predicted octanol–water partition coefficient (Wildman–Crippen LogP) is -4.09. The number of aliphatic carboxylic acids is 1. The van der Waals surface area contributed by atoms with E-state index in [9.17, 15) is 67.7 Å². The van der Waals surface area contributed by atoms with Gasteiger partial charge in [-0.3, -0.25) is 67.5 Å². The van der Waals surface area contributed by atoms with Crippen molar-refractivity contribution in [2.24, 2.45) is 67.7 Å². The number of benzene rings is 2. The number of primary amides is 1. The Morgan fingerprint density at radius 1 is 0.556 bits per heavy atom. The van der Waals surface area contributed by atoms with Gasteiger partial charge in [0.25, 0.3) is 0 Å². The Kier molecular flexibility index (Phi) is 37.3. The van der Waals surface area contributed by atoms with Gasteiger partial charge in [0, 0.05) is 26.1 Å². The highest BCUT2D eigenvalue weighted by Gasteiger charge is 2.41. The van der Waals surface area contributed by atoms with E-state index in [1.54, 1.807) is 70.2 Å². The van der Waals surface area contributed by atoms with Gasteiger partial charge in [-0.1, -0.05) is 76.6 Å². The van der Waals surface area contributed by atoms with Crippen molar-refractivity contribution in [3.8, 4) is 5.75 Å². The molecular weight excluding hydrogens is 1280 g/mol. The lowest BCUT2D eigenvalue weighted by molar-refractivity contribution is -0.142. The van der Waals surface area contributed by atoms with Gasteiger partial charge in [0.05, 0.1) is 19.0 Å². The van der Waals surface area contributed by atoms with Crippen LogP contribution < -0.4 is 93.7 Å². The first kappa shape index (κ1) is 83.5. The number of amides is 11. The number of aromatic hydroxyl groups is 1. The van der Waals surface area contributed by atoms with Crippen LogP contribution in [-0.2, 0) is 70.4 Å². The fraction of sp³-hybridized carbons (Fsp3) is 0.600. The molecule has 1 heterocycles. The average Bonchev–Trinajstić information content (AvgIpc) is 1.78. The number of aliphatic imine (C=N–C) groups is 2. The van der Waals surface area contributed by atoms with Gasteiger partial charge in [-0.2, -0.15) is 0 Å². The summed E-state index contributed by atoms with van der Waals surface area (Å²) in [5, 5.41) is 43.0. The van der Waals surface area contributed by atoms with Crippen LogP contribution in [0, 0.1) is 11.8 Å². The second-order valence-corrected chi connectivity index (χ2v) is 25.0. The lowest BCUT2D eigenvalue weighted by Gasteiger charge is -2.32. The molecule has 0 bridgehead atoms. The number of carbonyl (C=O) groups excluding carboxylic acids is 11. The maximum Gasteiger partial charge on any atom is 0.305 e. The fourth-order valence-corrected chi connectivity index (χ4v) is 10.8. The molecule has 1 aliphatic rings. The number of hydrogen-bond acceptors (Lipinski definition) is 18. The molecule has 27 N–H and O–H groups in total. The minimum absolute atomic E-state index is 0.000393. The molecule has 11 atom stereocenters. The molecule has 0 saturated carbocycles. The Labute approximate surface area is 577 Å². The number of nitrogens with two attached hydrogens (primary N) is 8. The zero-order chi connectivity index (χ0) is 73.7. The maximum atomic E-state index is 14.7. The quantitative estimate of drug-likeness (QED) is 0.0170. The molecule has 34 nitrogen and oxygen atoms in total.